The van der Waals surface area contributed by atoms with Crippen molar-refractivity contribution in [1.29, 1.82) is 0 Å². The monoisotopic (exact) mass is 368 g/mol. The lowest BCUT2D eigenvalue weighted by atomic mass is 9.93. The molecule has 2 heteroatoms. The van der Waals surface area contributed by atoms with E-state index >= 15 is 0 Å². The van der Waals surface area contributed by atoms with Gasteiger partial charge in [-0.15, -0.1) is 0 Å². The molecule has 0 atom stereocenters. The second-order valence-electron chi connectivity index (χ2n) is 8.57. The van der Waals surface area contributed by atoms with Crippen molar-refractivity contribution in [3.05, 3.63) is 57.6 Å². The summed E-state index contributed by atoms with van der Waals surface area (Å²) in [5.74, 6) is 1.60. The van der Waals surface area contributed by atoms with Crippen LogP contribution in [0.25, 0.3) is 0 Å². The molecular weight excluding hydrogens is 332 g/mol. The van der Waals surface area contributed by atoms with E-state index in [9.17, 15) is 10.2 Å². The summed E-state index contributed by atoms with van der Waals surface area (Å²) in [5.41, 5.74) is 6.75. The number of hydrogen-bond acceptors (Lipinski definition) is 2. The summed E-state index contributed by atoms with van der Waals surface area (Å²) in [6.07, 6.45) is 5.64. The van der Waals surface area contributed by atoms with Gasteiger partial charge in [0.2, 0.25) is 0 Å². The minimum absolute atomic E-state index is 0.344. The first kappa shape index (κ1) is 21.3. The molecule has 0 fully saturated rings. The van der Waals surface area contributed by atoms with Gasteiger partial charge in [-0.3, -0.25) is 0 Å². The summed E-state index contributed by atoms with van der Waals surface area (Å²) < 4.78 is 0. The number of phenolic OH excluding ortho intramolecular Hbond substituents is 2. The van der Waals surface area contributed by atoms with E-state index in [1.54, 1.807) is 0 Å². The molecule has 2 aromatic carbocycles. The number of rotatable bonds is 8. The summed E-state index contributed by atoms with van der Waals surface area (Å²) in [5, 5.41) is 20.4. The van der Waals surface area contributed by atoms with Gasteiger partial charge in [0.1, 0.15) is 11.5 Å². The molecule has 148 valence electrons. The lowest BCUT2D eigenvalue weighted by molar-refractivity contribution is 0.460. The second-order valence-corrected chi connectivity index (χ2v) is 8.57. The Morgan fingerprint density at radius 2 is 1.00 bits per heavy atom. The second kappa shape index (κ2) is 9.30. The van der Waals surface area contributed by atoms with Crippen LogP contribution < -0.4 is 0 Å². The Kier molecular flexibility index (Phi) is 7.35. The van der Waals surface area contributed by atoms with E-state index in [2.05, 4.69) is 52.0 Å². The molecule has 2 rings (SSSR count). The van der Waals surface area contributed by atoms with Crippen LogP contribution in [0.2, 0.25) is 0 Å². The summed E-state index contributed by atoms with van der Waals surface area (Å²) in [4.78, 5) is 0. The van der Waals surface area contributed by atoms with Gasteiger partial charge in [0, 0.05) is 0 Å². The van der Waals surface area contributed by atoms with Gasteiger partial charge in [-0.2, -0.15) is 0 Å². The molecule has 0 saturated carbocycles. The standard InChI is InChI=1S/C25H36O2/c1-16(2)22-14-20(12-18(5)24(22)26)10-8-7-9-11-21-13-19(6)25(27)23(15-21)17(3)4/h12-17,26-27H,7-11H2,1-6H3. The minimum atomic E-state index is 0.344. The van der Waals surface area contributed by atoms with Crippen LogP contribution in [-0.4, -0.2) is 10.2 Å². The zero-order valence-electron chi connectivity index (χ0n) is 17.9. The van der Waals surface area contributed by atoms with E-state index < -0.39 is 0 Å². The molecule has 0 radical (unpaired) electrons. The summed E-state index contributed by atoms with van der Waals surface area (Å²) in [6.45, 7) is 12.5. The molecule has 0 unspecified atom stereocenters. The number of aryl methyl sites for hydroxylation is 4. The quantitative estimate of drug-likeness (QED) is 0.497. The highest BCUT2D eigenvalue weighted by atomic mass is 16.3. The highest BCUT2D eigenvalue weighted by Gasteiger charge is 2.11. The van der Waals surface area contributed by atoms with Crippen LogP contribution in [-0.2, 0) is 12.8 Å². The molecule has 0 heterocycles. The van der Waals surface area contributed by atoms with E-state index in [1.165, 1.54) is 17.5 Å². The Balaban J connectivity index is 1.90. The van der Waals surface area contributed by atoms with Gasteiger partial charge in [0.25, 0.3) is 0 Å². The van der Waals surface area contributed by atoms with Crippen LogP contribution in [0.4, 0.5) is 0 Å². The van der Waals surface area contributed by atoms with E-state index in [-0.39, 0.29) is 0 Å². The summed E-state index contributed by atoms with van der Waals surface area (Å²) in [7, 11) is 0. The Bertz CT molecular complexity index is 707. The SMILES string of the molecule is Cc1cc(CCCCCc2cc(C)c(O)c(C(C)C)c2)cc(C(C)C)c1O. The van der Waals surface area contributed by atoms with Gasteiger partial charge in [0.05, 0.1) is 0 Å². The third kappa shape index (κ3) is 5.51. The van der Waals surface area contributed by atoms with Crippen molar-refractivity contribution in [1.82, 2.24) is 0 Å². The number of unbranched alkanes of at least 4 members (excludes halogenated alkanes) is 2. The Morgan fingerprint density at radius 1 is 0.630 bits per heavy atom. The fourth-order valence-corrected chi connectivity index (χ4v) is 3.77. The molecule has 0 bridgehead atoms. The number of aromatic hydroxyl groups is 2. The zero-order valence-corrected chi connectivity index (χ0v) is 17.9. The van der Waals surface area contributed by atoms with Gasteiger partial charge in [-0.25, -0.2) is 0 Å². The molecule has 0 aromatic heterocycles. The Hall–Kier alpha value is -1.96. The van der Waals surface area contributed by atoms with Gasteiger partial charge in [0.15, 0.2) is 0 Å². The predicted octanol–water partition coefficient (Wildman–Crippen LogP) is 6.92. The normalized spacial score (nSPS) is 11.6. The van der Waals surface area contributed by atoms with Crippen molar-refractivity contribution < 1.29 is 10.2 Å². The lowest BCUT2D eigenvalue weighted by Gasteiger charge is -2.14. The average Bonchev–Trinajstić information content (AvgIpc) is 2.59. The van der Waals surface area contributed by atoms with E-state index in [0.717, 1.165) is 47.9 Å². The third-order valence-corrected chi connectivity index (χ3v) is 5.45. The fraction of sp³-hybridized carbons (Fsp3) is 0.520. The van der Waals surface area contributed by atoms with Crippen LogP contribution in [0.5, 0.6) is 11.5 Å². The Labute approximate surface area is 165 Å². The molecule has 0 aliphatic heterocycles. The first-order valence-corrected chi connectivity index (χ1v) is 10.4. The third-order valence-electron chi connectivity index (χ3n) is 5.45. The maximum Gasteiger partial charge on any atom is 0.121 e. The van der Waals surface area contributed by atoms with E-state index in [1.807, 2.05) is 13.8 Å². The molecule has 0 aliphatic rings. The van der Waals surface area contributed by atoms with E-state index in [0.29, 0.717) is 23.3 Å². The molecule has 0 aliphatic carbocycles. The highest BCUT2D eigenvalue weighted by Crippen LogP contribution is 2.32. The van der Waals surface area contributed by atoms with Crippen LogP contribution in [0.1, 0.15) is 92.2 Å². The van der Waals surface area contributed by atoms with Crippen LogP contribution in [0.15, 0.2) is 24.3 Å². The summed E-state index contributed by atoms with van der Waals surface area (Å²) in [6, 6.07) is 8.59. The van der Waals surface area contributed by atoms with Crippen molar-refractivity contribution in [3.63, 3.8) is 0 Å². The first-order chi connectivity index (χ1) is 12.7. The zero-order chi connectivity index (χ0) is 20.1. The average molecular weight is 369 g/mol. The van der Waals surface area contributed by atoms with Crippen molar-refractivity contribution in [2.24, 2.45) is 0 Å². The largest absolute Gasteiger partial charge is 0.507 e. The molecule has 0 saturated heterocycles. The predicted molar refractivity (Wildman–Crippen MR) is 115 cm³/mol. The maximum atomic E-state index is 10.2. The number of phenols is 2. The van der Waals surface area contributed by atoms with Crippen molar-refractivity contribution in [3.8, 4) is 11.5 Å². The molecular formula is C25H36O2. The maximum absolute atomic E-state index is 10.2. The molecule has 0 spiro atoms. The topological polar surface area (TPSA) is 40.5 Å². The first-order valence-electron chi connectivity index (χ1n) is 10.4. The van der Waals surface area contributed by atoms with Gasteiger partial charge < -0.3 is 10.2 Å². The molecule has 27 heavy (non-hydrogen) atoms. The van der Waals surface area contributed by atoms with Crippen molar-refractivity contribution in [2.75, 3.05) is 0 Å². The lowest BCUT2D eigenvalue weighted by Crippen LogP contribution is -1.97. The molecule has 0 amide bonds. The number of hydrogen-bond donors (Lipinski definition) is 2. The highest BCUT2D eigenvalue weighted by molar-refractivity contribution is 5.45. The van der Waals surface area contributed by atoms with Crippen molar-refractivity contribution >= 4 is 0 Å². The molecule has 2 aromatic rings. The van der Waals surface area contributed by atoms with Gasteiger partial charge in [-0.1, -0.05) is 58.4 Å². The number of benzene rings is 2. The van der Waals surface area contributed by atoms with Crippen LogP contribution in [0, 0.1) is 13.8 Å². The Morgan fingerprint density at radius 3 is 1.33 bits per heavy atom. The molecule has 2 nitrogen and oxygen atoms in total. The fourth-order valence-electron chi connectivity index (χ4n) is 3.77. The van der Waals surface area contributed by atoms with Crippen molar-refractivity contribution in [2.45, 2.75) is 85.5 Å². The molecule has 2 N–H and O–H groups in total. The van der Waals surface area contributed by atoms with Crippen LogP contribution in [0.3, 0.4) is 0 Å². The van der Waals surface area contributed by atoms with Crippen LogP contribution >= 0.6 is 0 Å². The minimum Gasteiger partial charge on any atom is -0.507 e. The smallest absolute Gasteiger partial charge is 0.121 e. The van der Waals surface area contributed by atoms with Gasteiger partial charge >= 0.3 is 0 Å². The van der Waals surface area contributed by atoms with Gasteiger partial charge in [-0.05, 0) is 84.7 Å². The summed E-state index contributed by atoms with van der Waals surface area (Å²) >= 11 is 0. The van der Waals surface area contributed by atoms with E-state index in [4.69, 9.17) is 0 Å².